The lowest BCUT2D eigenvalue weighted by atomic mass is 9.95. The van der Waals surface area contributed by atoms with Gasteiger partial charge in [0.25, 0.3) is 5.78 Å². The predicted octanol–water partition coefficient (Wildman–Crippen LogP) is 6.25. The molecular weight excluding hydrogens is 472 g/mol. The fourth-order valence-corrected chi connectivity index (χ4v) is 5.76. The average Bonchev–Trinajstić information content (AvgIpc) is 3.38. The van der Waals surface area contributed by atoms with Crippen molar-refractivity contribution in [1.29, 1.82) is 0 Å². The van der Waals surface area contributed by atoms with E-state index < -0.39 is 17.7 Å². The monoisotopic (exact) mass is 498 g/mol. The fourth-order valence-electron chi connectivity index (χ4n) is 4.59. The molecule has 1 fully saturated rings. The van der Waals surface area contributed by atoms with Crippen LogP contribution in [0.4, 0.5) is 5.13 Å². The summed E-state index contributed by atoms with van der Waals surface area (Å²) in [5.41, 5.74) is 5.15. The Kier molecular flexibility index (Phi) is 6.10. The van der Waals surface area contributed by atoms with Gasteiger partial charge < -0.3 is 9.84 Å². The zero-order chi connectivity index (χ0) is 25.6. The quantitative estimate of drug-likeness (QED) is 0.200. The van der Waals surface area contributed by atoms with Crippen molar-refractivity contribution in [2.75, 3.05) is 11.5 Å². The number of aliphatic hydroxyl groups is 1. The van der Waals surface area contributed by atoms with Crippen molar-refractivity contribution in [2.45, 2.75) is 33.7 Å². The van der Waals surface area contributed by atoms with Crippen molar-refractivity contribution in [2.24, 2.45) is 0 Å². The molecule has 1 aromatic heterocycles. The van der Waals surface area contributed by atoms with Crippen LogP contribution in [0.1, 0.15) is 40.8 Å². The Hall–Kier alpha value is -3.97. The van der Waals surface area contributed by atoms with Gasteiger partial charge in [-0.05, 0) is 74.7 Å². The molecule has 6 nitrogen and oxygen atoms in total. The van der Waals surface area contributed by atoms with Crippen LogP contribution in [0.25, 0.3) is 16.0 Å². The van der Waals surface area contributed by atoms with E-state index in [0.717, 1.165) is 32.5 Å². The number of thiazole rings is 1. The summed E-state index contributed by atoms with van der Waals surface area (Å²) in [6.45, 7) is 8.38. The second-order valence-corrected chi connectivity index (χ2v) is 9.97. The summed E-state index contributed by atoms with van der Waals surface area (Å²) in [5.74, 6) is -1.01. The number of benzene rings is 3. The minimum Gasteiger partial charge on any atom is -0.507 e. The molecule has 0 saturated carbocycles. The molecule has 1 aliphatic rings. The van der Waals surface area contributed by atoms with Gasteiger partial charge in [0.05, 0.1) is 28.4 Å². The zero-order valence-corrected chi connectivity index (χ0v) is 21.3. The van der Waals surface area contributed by atoms with Crippen LogP contribution in [0, 0.1) is 20.8 Å². The summed E-state index contributed by atoms with van der Waals surface area (Å²) in [4.78, 5) is 33.0. The molecule has 1 saturated heterocycles. The molecule has 182 valence electrons. The topological polar surface area (TPSA) is 79.7 Å². The summed E-state index contributed by atoms with van der Waals surface area (Å²) in [6.07, 6.45) is 0. The molecule has 5 rings (SSSR count). The van der Waals surface area contributed by atoms with Gasteiger partial charge in [-0.2, -0.15) is 0 Å². The van der Waals surface area contributed by atoms with Gasteiger partial charge in [0.15, 0.2) is 5.13 Å². The molecule has 0 radical (unpaired) electrons. The van der Waals surface area contributed by atoms with Gasteiger partial charge in [0.2, 0.25) is 0 Å². The molecule has 3 aromatic carbocycles. The van der Waals surface area contributed by atoms with E-state index in [1.807, 2.05) is 64.1 Å². The third kappa shape index (κ3) is 4.05. The Morgan fingerprint density at radius 1 is 1.00 bits per heavy atom. The molecule has 0 spiro atoms. The number of aryl methyl sites for hydroxylation is 3. The summed E-state index contributed by atoms with van der Waals surface area (Å²) in [7, 11) is 0. The smallest absolute Gasteiger partial charge is 0.301 e. The highest BCUT2D eigenvalue weighted by atomic mass is 32.1. The maximum atomic E-state index is 13.4. The molecular formula is C29H26N2O4S. The van der Waals surface area contributed by atoms with Crippen molar-refractivity contribution in [3.05, 3.63) is 94.1 Å². The fraction of sp³-hybridized carbons (Fsp3) is 0.207. The number of anilines is 1. The first kappa shape index (κ1) is 23.8. The number of fused-ring (bicyclic) bond motifs is 1. The molecule has 0 bridgehead atoms. The van der Waals surface area contributed by atoms with Crippen LogP contribution in [-0.4, -0.2) is 28.4 Å². The summed E-state index contributed by atoms with van der Waals surface area (Å²) >= 11 is 1.37. The van der Waals surface area contributed by atoms with Gasteiger partial charge in [0.1, 0.15) is 11.5 Å². The Labute approximate surface area is 213 Å². The van der Waals surface area contributed by atoms with E-state index >= 15 is 0 Å². The van der Waals surface area contributed by atoms with Crippen molar-refractivity contribution >= 4 is 44.1 Å². The SMILES string of the molecule is CCOc1ccc(/C(O)=C2\C(=O)C(=O)N(c3nc4c(C)cc(C)cc4s3)[C@H]2c2ccc(C)cc2)cc1. The van der Waals surface area contributed by atoms with E-state index in [9.17, 15) is 14.7 Å². The lowest BCUT2D eigenvalue weighted by Gasteiger charge is -2.23. The molecule has 1 atom stereocenters. The number of nitrogens with zero attached hydrogens (tertiary/aromatic N) is 2. The first-order valence-electron chi connectivity index (χ1n) is 11.8. The van der Waals surface area contributed by atoms with Crippen LogP contribution in [-0.2, 0) is 9.59 Å². The number of aromatic nitrogens is 1. The van der Waals surface area contributed by atoms with Gasteiger partial charge in [-0.3, -0.25) is 14.5 Å². The standard InChI is InChI=1S/C29H26N2O4S/c1-5-35-21-12-10-20(11-13-21)26(32)23-25(19-8-6-16(2)7-9-19)31(28(34)27(23)33)29-30-24-18(4)14-17(3)15-22(24)36-29/h6-15,25,32H,5H2,1-4H3/b26-23+/t25-/m0/s1. The second kappa shape index (κ2) is 9.24. The number of rotatable bonds is 5. The number of amides is 1. The molecule has 1 amide bonds. The zero-order valence-electron chi connectivity index (χ0n) is 20.5. The molecule has 36 heavy (non-hydrogen) atoms. The minimum atomic E-state index is -0.806. The van der Waals surface area contributed by atoms with Crippen LogP contribution in [0.15, 0.2) is 66.2 Å². The van der Waals surface area contributed by atoms with Crippen molar-refractivity contribution < 1.29 is 19.4 Å². The number of carbonyl (C=O) groups excluding carboxylic acids is 2. The number of ether oxygens (including phenoxy) is 1. The maximum absolute atomic E-state index is 13.4. The van der Waals surface area contributed by atoms with Gasteiger partial charge in [-0.15, -0.1) is 0 Å². The van der Waals surface area contributed by atoms with E-state index in [4.69, 9.17) is 9.72 Å². The molecule has 1 N–H and O–H groups in total. The van der Waals surface area contributed by atoms with Crippen LogP contribution in [0.5, 0.6) is 5.75 Å². The van der Waals surface area contributed by atoms with Gasteiger partial charge in [-0.25, -0.2) is 4.98 Å². The highest BCUT2D eigenvalue weighted by Crippen LogP contribution is 2.44. The van der Waals surface area contributed by atoms with Crippen LogP contribution in [0.2, 0.25) is 0 Å². The Bertz CT molecular complexity index is 1520. The van der Waals surface area contributed by atoms with Crippen LogP contribution in [0.3, 0.4) is 0 Å². The largest absolute Gasteiger partial charge is 0.507 e. The third-order valence-corrected chi connectivity index (χ3v) is 7.30. The molecule has 2 heterocycles. The predicted molar refractivity (Wildman–Crippen MR) is 143 cm³/mol. The van der Waals surface area contributed by atoms with E-state index in [0.29, 0.717) is 23.1 Å². The first-order valence-corrected chi connectivity index (χ1v) is 12.6. The van der Waals surface area contributed by atoms with Gasteiger partial charge >= 0.3 is 5.91 Å². The number of hydrogen-bond acceptors (Lipinski definition) is 6. The van der Waals surface area contributed by atoms with Crippen LogP contribution >= 0.6 is 11.3 Å². The van der Waals surface area contributed by atoms with Crippen molar-refractivity contribution in [3.63, 3.8) is 0 Å². The first-order chi connectivity index (χ1) is 17.3. The van der Waals surface area contributed by atoms with Crippen molar-refractivity contribution in [1.82, 2.24) is 4.98 Å². The number of Topliss-reactive ketones (excluding diaryl/α,β-unsaturated/α-hetero) is 1. The molecule has 7 heteroatoms. The third-order valence-electron chi connectivity index (χ3n) is 6.30. The number of hydrogen-bond donors (Lipinski definition) is 1. The minimum absolute atomic E-state index is 0.0418. The van der Waals surface area contributed by atoms with E-state index in [1.54, 1.807) is 24.3 Å². The lowest BCUT2D eigenvalue weighted by molar-refractivity contribution is -0.132. The highest BCUT2D eigenvalue weighted by molar-refractivity contribution is 7.22. The molecule has 1 aliphatic heterocycles. The van der Waals surface area contributed by atoms with Gasteiger partial charge in [0, 0.05) is 5.56 Å². The summed E-state index contributed by atoms with van der Waals surface area (Å²) < 4.78 is 6.44. The number of ketones is 1. The summed E-state index contributed by atoms with van der Waals surface area (Å²) in [5, 5.41) is 11.8. The highest BCUT2D eigenvalue weighted by Gasteiger charge is 2.48. The maximum Gasteiger partial charge on any atom is 0.301 e. The van der Waals surface area contributed by atoms with Crippen LogP contribution < -0.4 is 9.64 Å². The second-order valence-electron chi connectivity index (χ2n) is 8.96. The number of carbonyl (C=O) groups is 2. The Balaban J connectivity index is 1.69. The molecule has 0 unspecified atom stereocenters. The van der Waals surface area contributed by atoms with Crippen molar-refractivity contribution in [3.8, 4) is 5.75 Å². The van der Waals surface area contributed by atoms with E-state index in [-0.39, 0.29) is 11.3 Å². The van der Waals surface area contributed by atoms with E-state index in [2.05, 4.69) is 0 Å². The normalized spacial score (nSPS) is 17.2. The van der Waals surface area contributed by atoms with E-state index in [1.165, 1.54) is 16.2 Å². The lowest BCUT2D eigenvalue weighted by Crippen LogP contribution is -2.29. The average molecular weight is 499 g/mol. The summed E-state index contributed by atoms with van der Waals surface area (Å²) in [6, 6.07) is 17.7. The molecule has 4 aromatic rings. The molecule has 0 aliphatic carbocycles. The number of aliphatic hydroxyl groups excluding tert-OH is 1. The van der Waals surface area contributed by atoms with Gasteiger partial charge in [-0.1, -0.05) is 47.2 Å². The Morgan fingerprint density at radius 2 is 1.69 bits per heavy atom. The Morgan fingerprint density at radius 3 is 2.36 bits per heavy atom.